The van der Waals surface area contributed by atoms with Crippen molar-refractivity contribution in [3.8, 4) is 34.0 Å². The molecule has 1 aromatic heterocycles. The Hall–Kier alpha value is -4.46. The summed E-state index contributed by atoms with van der Waals surface area (Å²) in [4.78, 5) is 36.8. The third kappa shape index (κ3) is 5.44. The van der Waals surface area contributed by atoms with Gasteiger partial charge < -0.3 is 19.1 Å². The van der Waals surface area contributed by atoms with E-state index >= 15 is 0 Å². The molecule has 8 nitrogen and oxygen atoms in total. The molecule has 1 aliphatic heterocycles. The van der Waals surface area contributed by atoms with E-state index in [9.17, 15) is 9.59 Å². The molecule has 5 rings (SSSR count). The van der Waals surface area contributed by atoms with Gasteiger partial charge in [-0.1, -0.05) is 0 Å². The predicted molar refractivity (Wildman–Crippen MR) is 144 cm³/mol. The lowest BCUT2D eigenvalue weighted by Gasteiger charge is -2.26. The Kier molecular flexibility index (Phi) is 7.49. The number of likely N-dealkylation sites (tertiary alicyclic amines) is 1. The Morgan fingerprint density at radius 2 is 1.29 bits per heavy atom. The molecular formula is C30H29N3O5. The van der Waals surface area contributed by atoms with Gasteiger partial charge in [-0.25, -0.2) is 14.8 Å². The molecule has 0 atom stereocenters. The van der Waals surface area contributed by atoms with E-state index in [1.54, 1.807) is 37.3 Å². The minimum Gasteiger partial charge on any atom is -0.497 e. The van der Waals surface area contributed by atoms with Gasteiger partial charge in [0.1, 0.15) is 11.5 Å². The second-order valence-electron chi connectivity index (χ2n) is 9.10. The Bertz CT molecular complexity index is 1450. The Morgan fingerprint density at radius 3 is 1.84 bits per heavy atom. The van der Waals surface area contributed by atoms with Crippen LogP contribution in [-0.2, 0) is 9.53 Å². The molecule has 0 aliphatic carbocycles. The SMILES string of the molecule is COc1ccc(-c2nc3ccc(C(=O)OCC(=O)N4CCCCC4)cc3nc2-c2ccc(OC)cc2)cc1. The first kappa shape index (κ1) is 25.2. The number of esters is 1. The molecule has 1 aliphatic rings. The van der Waals surface area contributed by atoms with Gasteiger partial charge in [-0.05, 0) is 86.0 Å². The average molecular weight is 512 g/mol. The fourth-order valence-electron chi connectivity index (χ4n) is 4.53. The number of carbonyl (C=O) groups is 2. The number of methoxy groups -OCH3 is 2. The zero-order valence-corrected chi connectivity index (χ0v) is 21.5. The van der Waals surface area contributed by atoms with E-state index in [1.165, 1.54) is 0 Å². The average Bonchev–Trinajstić information content (AvgIpc) is 2.99. The molecule has 0 N–H and O–H groups in total. The van der Waals surface area contributed by atoms with E-state index in [0.717, 1.165) is 41.9 Å². The number of amides is 1. The summed E-state index contributed by atoms with van der Waals surface area (Å²) in [6.45, 7) is 1.16. The van der Waals surface area contributed by atoms with Crippen molar-refractivity contribution in [3.63, 3.8) is 0 Å². The summed E-state index contributed by atoms with van der Waals surface area (Å²) in [7, 11) is 3.24. The first-order valence-corrected chi connectivity index (χ1v) is 12.6. The quantitative estimate of drug-likeness (QED) is 0.317. The first-order valence-electron chi connectivity index (χ1n) is 12.6. The van der Waals surface area contributed by atoms with E-state index < -0.39 is 5.97 Å². The number of aromatic nitrogens is 2. The van der Waals surface area contributed by atoms with Crippen LogP contribution in [0.1, 0.15) is 29.6 Å². The van der Waals surface area contributed by atoms with Crippen molar-refractivity contribution >= 4 is 22.9 Å². The molecule has 1 amide bonds. The summed E-state index contributed by atoms with van der Waals surface area (Å²) in [6, 6.07) is 20.3. The zero-order chi connectivity index (χ0) is 26.5. The third-order valence-corrected chi connectivity index (χ3v) is 6.66. The maximum absolute atomic E-state index is 12.8. The number of ether oxygens (including phenoxy) is 3. The summed E-state index contributed by atoms with van der Waals surface area (Å²) < 4.78 is 16.0. The zero-order valence-electron chi connectivity index (χ0n) is 21.5. The maximum Gasteiger partial charge on any atom is 0.338 e. The lowest BCUT2D eigenvalue weighted by molar-refractivity contribution is -0.135. The maximum atomic E-state index is 12.8. The highest BCUT2D eigenvalue weighted by Gasteiger charge is 2.20. The standard InChI is InChI=1S/C30H29N3O5/c1-36-23-11-6-20(7-12-23)28-29(21-8-13-24(37-2)14-9-21)32-26-18-22(10-15-25(26)31-28)30(35)38-19-27(34)33-16-4-3-5-17-33/h6-15,18H,3-5,16-17,19H2,1-2H3. The van der Waals surface area contributed by atoms with Gasteiger partial charge in [0, 0.05) is 24.2 Å². The fraction of sp³-hybridized carbons (Fsp3) is 0.267. The number of benzene rings is 3. The van der Waals surface area contributed by atoms with Crippen LogP contribution in [0.3, 0.4) is 0 Å². The van der Waals surface area contributed by atoms with Crippen molar-refractivity contribution in [2.24, 2.45) is 0 Å². The molecular weight excluding hydrogens is 482 g/mol. The van der Waals surface area contributed by atoms with Gasteiger partial charge in [-0.3, -0.25) is 4.79 Å². The molecule has 4 aromatic rings. The number of piperidine rings is 1. The smallest absolute Gasteiger partial charge is 0.338 e. The van der Waals surface area contributed by atoms with Crippen molar-refractivity contribution in [2.75, 3.05) is 33.9 Å². The van der Waals surface area contributed by atoms with Crippen molar-refractivity contribution in [1.29, 1.82) is 0 Å². The highest BCUT2D eigenvalue weighted by Crippen LogP contribution is 2.33. The van der Waals surface area contributed by atoms with E-state index in [2.05, 4.69) is 0 Å². The van der Waals surface area contributed by atoms with Gasteiger partial charge in [-0.15, -0.1) is 0 Å². The molecule has 2 heterocycles. The Labute approximate surface area is 221 Å². The van der Waals surface area contributed by atoms with Crippen LogP contribution in [0.5, 0.6) is 11.5 Å². The molecule has 194 valence electrons. The molecule has 0 unspecified atom stereocenters. The van der Waals surface area contributed by atoms with Crippen molar-refractivity contribution < 1.29 is 23.8 Å². The third-order valence-electron chi connectivity index (χ3n) is 6.66. The number of rotatable bonds is 7. The first-order chi connectivity index (χ1) is 18.6. The Morgan fingerprint density at radius 1 is 0.737 bits per heavy atom. The molecule has 0 bridgehead atoms. The minimum absolute atomic E-state index is 0.162. The van der Waals surface area contributed by atoms with E-state index in [1.807, 2.05) is 48.5 Å². The number of hydrogen-bond donors (Lipinski definition) is 0. The number of fused-ring (bicyclic) bond motifs is 1. The highest BCUT2D eigenvalue weighted by molar-refractivity contribution is 5.96. The van der Waals surface area contributed by atoms with Crippen LogP contribution in [0.15, 0.2) is 66.7 Å². The van der Waals surface area contributed by atoms with Crippen LogP contribution < -0.4 is 9.47 Å². The second kappa shape index (κ2) is 11.3. The molecule has 1 fully saturated rings. The molecule has 0 radical (unpaired) electrons. The summed E-state index contributed by atoms with van der Waals surface area (Å²) in [5.74, 6) is 0.752. The summed E-state index contributed by atoms with van der Waals surface area (Å²) in [5.41, 5.74) is 4.59. The van der Waals surface area contributed by atoms with Crippen molar-refractivity contribution in [2.45, 2.75) is 19.3 Å². The van der Waals surface area contributed by atoms with E-state index in [0.29, 0.717) is 41.1 Å². The number of nitrogens with zero attached hydrogens (tertiary/aromatic N) is 3. The van der Waals surface area contributed by atoms with Crippen LogP contribution in [-0.4, -0.2) is 60.7 Å². The van der Waals surface area contributed by atoms with Gasteiger partial charge in [0.2, 0.25) is 0 Å². The van der Waals surface area contributed by atoms with Gasteiger partial charge >= 0.3 is 5.97 Å². The van der Waals surface area contributed by atoms with Crippen LogP contribution in [0.25, 0.3) is 33.5 Å². The van der Waals surface area contributed by atoms with Gasteiger partial charge in [0.05, 0.1) is 42.2 Å². The van der Waals surface area contributed by atoms with E-state index in [4.69, 9.17) is 24.2 Å². The molecule has 1 saturated heterocycles. The fourth-order valence-corrected chi connectivity index (χ4v) is 4.53. The van der Waals surface area contributed by atoms with Crippen LogP contribution in [0.4, 0.5) is 0 Å². The van der Waals surface area contributed by atoms with E-state index in [-0.39, 0.29) is 12.5 Å². The van der Waals surface area contributed by atoms with Gasteiger partial charge in [-0.2, -0.15) is 0 Å². The summed E-state index contributed by atoms with van der Waals surface area (Å²) in [6.07, 6.45) is 3.09. The molecule has 3 aromatic carbocycles. The Balaban J connectivity index is 1.47. The topological polar surface area (TPSA) is 90.9 Å². The normalized spacial score (nSPS) is 13.3. The molecule has 8 heteroatoms. The lowest BCUT2D eigenvalue weighted by atomic mass is 10.0. The highest BCUT2D eigenvalue weighted by atomic mass is 16.5. The molecule has 0 spiro atoms. The number of carbonyl (C=O) groups excluding carboxylic acids is 2. The van der Waals surface area contributed by atoms with Crippen molar-refractivity contribution in [1.82, 2.24) is 14.9 Å². The van der Waals surface area contributed by atoms with Crippen molar-refractivity contribution in [3.05, 3.63) is 72.3 Å². The monoisotopic (exact) mass is 511 g/mol. The van der Waals surface area contributed by atoms with Gasteiger partial charge in [0.25, 0.3) is 5.91 Å². The van der Waals surface area contributed by atoms with Crippen LogP contribution in [0.2, 0.25) is 0 Å². The van der Waals surface area contributed by atoms with Crippen LogP contribution in [0, 0.1) is 0 Å². The summed E-state index contributed by atoms with van der Waals surface area (Å²) in [5, 5.41) is 0. The predicted octanol–water partition coefficient (Wildman–Crippen LogP) is 5.15. The molecule has 0 saturated carbocycles. The van der Waals surface area contributed by atoms with Gasteiger partial charge in [0.15, 0.2) is 6.61 Å². The molecule has 38 heavy (non-hydrogen) atoms. The lowest BCUT2D eigenvalue weighted by Crippen LogP contribution is -2.38. The minimum atomic E-state index is -0.565. The largest absolute Gasteiger partial charge is 0.497 e. The number of hydrogen-bond acceptors (Lipinski definition) is 7. The van der Waals surface area contributed by atoms with Crippen LogP contribution >= 0.6 is 0 Å². The summed E-state index contributed by atoms with van der Waals surface area (Å²) >= 11 is 0. The second-order valence-corrected chi connectivity index (χ2v) is 9.10.